The van der Waals surface area contributed by atoms with E-state index in [0.29, 0.717) is 0 Å². The number of aromatic nitrogens is 1. The number of carbonyl (C=O) groups is 1. The third kappa shape index (κ3) is 2.08. The molecule has 0 radical (unpaired) electrons. The van der Waals surface area contributed by atoms with Crippen LogP contribution in [0.3, 0.4) is 0 Å². The van der Waals surface area contributed by atoms with Crippen LogP contribution in [0.5, 0.6) is 0 Å². The standard InChI is InChI=1S/C13H11FN2O3/c1-16-10(15)6-8(11(12(16)17)13(18)19)7-4-2-3-5-9(7)14/h2-6H,15H2,1H3,(H,18,19). The first-order valence-corrected chi connectivity index (χ1v) is 5.41. The van der Waals surface area contributed by atoms with E-state index in [9.17, 15) is 14.0 Å². The number of nitrogens with two attached hydrogens (primary N) is 1. The summed E-state index contributed by atoms with van der Waals surface area (Å²) in [5.41, 5.74) is 4.36. The molecule has 6 heteroatoms. The van der Waals surface area contributed by atoms with E-state index in [1.54, 1.807) is 6.07 Å². The first-order chi connectivity index (χ1) is 8.93. The molecule has 98 valence electrons. The van der Waals surface area contributed by atoms with Crippen molar-refractivity contribution >= 4 is 11.8 Å². The van der Waals surface area contributed by atoms with Crippen molar-refractivity contribution in [2.24, 2.45) is 7.05 Å². The van der Waals surface area contributed by atoms with E-state index in [0.717, 1.165) is 4.57 Å². The van der Waals surface area contributed by atoms with Gasteiger partial charge in [0.15, 0.2) is 0 Å². The Morgan fingerprint density at radius 1 is 1.32 bits per heavy atom. The molecule has 5 nitrogen and oxygen atoms in total. The third-order valence-corrected chi connectivity index (χ3v) is 2.85. The van der Waals surface area contributed by atoms with E-state index in [2.05, 4.69) is 0 Å². The highest BCUT2D eigenvalue weighted by atomic mass is 19.1. The third-order valence-electron chi connectivity index (χ3n) is 2.85. The first-order valence-electron chi connectivity index (χ1n) is 5.41. The van der Waals surface area contributed by atoms with Gasteiger partial charge in [-0.05, 0) is 12.1 Å². The molecule has 1 aromatic carbocycles. The van der Waals surface area contributed by atoms with Crippen LogP contribution in [-0.4, -0.2) is 15.6 Å². The normalized spacial score (nSPS) is 10.4. The molecule has 1 aromatic heterocycles. The summed E-state index contributed by atoms with van der Waals surface area (Å²) >= 11 is 0. The zero-order valence-electron chi connectivity index (χ0n) is 10.1. The Kier molecular flexibility index (Phi) is 3.08. The summed E-state index contributed by atoms with van der Waals surface area (Å²) < 4.78 is 14.7. The number of pyridine rings is 1. The maximum Gasteiger partial charge on any atom is 0.341 e. The highest BCUT2D eigenvalue weighted by Crippen LogP contribution is 2.26. The zero-order chi connectivity index (χ0) is 14.2. The summed E-state index contributed by atoms with van der Waals surface area (Å²) in [5, 5.41) is 9.14. The van der Waals surface area contributed by atoms with Crippen LogP contribution in [0.1, 0.15) is 10.4 Å². The van der Waals surface area contributed by atoms with Gasteiger partial charge in [-0.3, -0.25) is 9.36 Å². The highest BCUT2D eigenvalue weighted by molar-refractivity contribution is 5.96. The summed E-state index contributed by atoms with van der Waals surface area (Å²) in [5.74, 6) is -1.97. The molecular formula is C13H11FN2O3. The van der Waals surface area contributed by atoms with Gasteiger partial charge in [-0.2, -0.15) is 0 Å². The van der Waals surface area contributed by atoms with Crippen molar-refractivity contribution in [3.8, 4) is 11.1 Å². The lowest BCUT2D eigenvalue weighted by atomic mass is 10.0. The summed E-state index contributed by atoms with van der Waals surface area (Å²) in [6.07, 6.45) is 0. The molecule has 19 heavy (non-hydrogen) atoms. The van der Waals surface area contributed by atoms with E-state index in [-0.39, 0.29) is 16.9 Å². The molecule has 0 aliphatic carbocycles. The van der Waals surface area contributed by atoms with Gasteiger partial charge in [0.25, 0.3) is 5.56 Å². The largest absolute Gasteiger partial charge is 0.477 e. The predicted octanol–water partition coefficient (Wildman–Crippen LogP) is 1.47. The molecule has 2 aromatic rings. The summed E-state index contributed by atoms with van der Waals surface area (Å²) in [6.45, 7) is 0. The maximum atomic E-state index is 13.7. The van der Waals surface area contributed by atoms with Crippen LogP contribution in [0.15, 0.2) is 35.1 Å². The van der Waals surface area contributed by atoms with E-state index in [1.165, 1.54) is 31.3 Å². The minimum atomic E-state index is -1.42. The number of benzene rings is 1. The lowest BCUT2D eigenvalue weighted by molar-refractivity contribution is 0.0695. The van der Waals surface area contributed by atoms with Gasteiger partial charge in [-0.25, -0.2) is 9.18 Å². The average molecular weight is 262 g/mol. The number of nitrogens with zero attached hydrogens (tertiary/aromatic N) is 1. The fourth-order valence-electron chi connectivity index (χ4n) is 1.82. The Morgan fingerprint density at radius 3 is 2.53 bits per heavy atom. The number of carboxylic acids is 1. The smallest absolute Gasteiger partial charge is 0.341 e. The topological polar surface area (TPSA) is 85.3 Å². The zero-order valence-corrected chi connectivity index (χ0v) is 10.1. The number of aromatic carboxylic acids is 1. The average Bonchev–Trinajstić information content (AvgIpc) is 2.35. The van der Waals surface area contributed by atoms with Crippen LogP contribution in [0.25, 0.3) is 11.1 Å². The predicted molar refractivity (Wildman–Crippen MR) is 68.4 cm³/mol. The molecule has 0 aliphatic rings. The number of hydrogen-bond acceptors (Lipinski definition) is 3. The Hall–Kier alpha value is -2.63. The van der Waals surface area contributed by atoms with Crippen molar-refractivity contribution in [1.29, 1.82) is 0 Å². The van der Waals surface area contributed by atoms with Gasteiger partial charge in [-0.15, -0.1) is 0 Å². The van der Waals surface area contributed by atoms with Crippen molar-refractivity contribution in [3.05, 3.63) is 52.1 Å². The Bertz CT molecular complexity index is 722. The molecular weight excluding hydrogens is 251 g/mol. The van der Waals surface area contributed by atoms with Crippen molar-refractivity contribution in [1.82, 2.24) is 4.57 Å². The van der Waals surface area contributed by atoms with Crippen LogP contribution >= 0.6 is 0 Å². The Balaban J connectivity index is 2.88. The quantitative estimate of drug-likeness (QED) is 0.858. The lowest BCUT2D eigenvalue weighted by Gasteiger charge is -2.11. The second-order valence-electron chi connectivity index (χ2n) is 4.01. The molecule has 0 unspecified atom stereocenters. The van der Waals surface area contributed by atoms with Gasteiger partial charge < -0.3 is 10.8 Å². The van der Waals surface area contributed by atoms with Gasteiger partial charge in [0.1, 0.15) is 17.2 Å². The van der Waals surface area contributed by atoms with Crippen LogP contribution in [0.4, 0.5) is 10.2 Å². The molecule has 0 aliphatic heterocycles. The van der Waals surface area contributed by atoms with E-state index >= 15 is 0 Å². The van der Waals surface area contributed by atoms with Crippen molar-refractivity contribution in [2.45, 2.75) is 0 Å². The van der Waals surface area contributed by atoms with Crippen LogP contribution in [0.2, 0.25) is 0 Å². The first kappa shape index (κ1) is 12.8. The summed E-state index contributed by atoms with van der Waals surface area (Å²) in [6, 6.07) is 6.90. The van der Waals surface area contributed by atoms with E-state index < -0.39 is 22.9 Å². The van der Waals surface area contributed by atoms with Crippen molar-refractivity contribution < 1.29 is 14.3 Å². The fraction of sp³-hybridized carbons (Fsp3) is 0.0769. The lowest BCUT2D eigenvalue weighted by Crippen LogP contribution is -2.27. The second kappa shape index (κ2) is 4.56. The molecule has 0 saturated carbocycles. The van der Waals surface area contributed by atoms with Crippen molar-refractivity contribution in [3.63, 3.8) is 0 Å². The van der Waals surface area contributed by atoms with E-state index in [1.807, 2.05) is 0 Å². The molecule has 0 spiro atoms. The monoisotopic (exact) mass is 262 g/mol. The SMILES string of the molecule is Cn1c(N)cc(-c2ccccc2F)c(C(=O)O)c1=O. The molecule has 0 amide bonds. The van der Waals surface area contributed by atoms with Gasteiger partial charge >= 0.3 is 5.97 Å². The summed E-state index contributed by atoms with van der Waals surface area (Å²) in [7, 11) is 1.36. The minimum Gasteiger partial charge on any atom is -0.477 e. The molecule has 0 bridgehead atoms. The molecule has 2 rings (SSSR count). The van der Waals surface area contributed by atoms with Crippen LogP contribution < -0.4 is 11.3 Å². The number of anilines is 1. The molecule has 0 saturated heterocycles. The summed E-state index contributed by atoms with van der Waals surface area (Å²) in [4.78, 5) is 23.1. The molecule has 0 fully saturated rings. The van der Waals surface area contributed by atoms with Crippen molar-refractivity contribution in [2.75, 3.05) is 5.73 Å². The minimum absolute atomic E-state index is 0.0220. The number of halogens is 1. The van der Waals surface area contributed by atoms with Crippen LogP contribution in [0, 0.1) is 5.82 Å². The number of carboxylic acid groups (broad SMARTS) is 1. The maximum absolute atomic E-state index is 13.7. The van der Waals surface area contributed by atoms with Crippen LogP contribution in [-0.2, 0) is 7.05 Å². The Morgan fingerprint density at radius 2 is 1.95 bits per heavy atom. The highest BCUT2D eigenvalue weighted by Gasteiger charge is 2.20. The van der Waals surface area contributed by atoms with E-state index in [4.69, 9.17) is 10.8 Å². The van der Waals surface area contributed by atoms with Gasteiger partial charge in [-0.1, -0.05) is 18.2 Å². The number of nitrogen functional groups attached to an aromatic ring is 1. The molecule has 3 N–H and O–H groups in total. The van der Waals surface area contributed by atoms with Gasteiger partial charge in [0.05, 0.1) is 0 Å². The number of hydrogen-bond donors (Lipinski definition) is 2. The molecule has 1 heterocycles. The second-order valence-corrected chi connectivity index (χ2v) is 4.01. The molecule has 0 atom stereocenters. The Labute approximate surface area is 107 Å². The van der Waals surface area contributed by atoms with Gasteiger partial charge in [0, 0.05) is 18.2 Å². The number of rotatable bonds is 2. The fourth-order valence-corrected chi connectivity index (χ4v) is 1.82. The van der Waals surface area contributed by atoms with Gasteiger partial charge in [0.2, 0.25) is 0 Å².